The molecule has 1 nitrogen and oxygen atoms in total. The highest BCUT2D eigenvalue weighted by Gasteiger charge is 2.08. The first kappa shape index (κ1) is 26.7. The summed E-state index contributed by atoms with van der Waals surface area (Å²) >= 11 is 0. The Morgan fingerprint density at radius 2 is 1.03 bits per heavy atom. The average Bonchev–Trinajstić information content (AvgIpc) is 2.82. The van der Waals surface area contributed by atoms with E-state index in [9.17, 15) is 0 Å². The van der Waals surface area contributed by atoms with Gasteiger partial charge in [0, 0.05) is 6.04 Å². The number of hydrogen-bond donors (Lipinski definition) is 1. The lowest BCUT2D eigenvalue weighted by Gasteiger charge is -2.19. The van der Waals surface area contributed by atoms with Gasteiger partial charge in [-0.2, -0.15) is 0 Å². The first-order valence-electron chi connectivity index (χ1n) is 13.7. The Hall–Kier alpha value is -1.60. The van der Waals surface area contributed by atoms with Crippen LogP contribution in [0.15, 0.2) is 72.4 Å². The average molecular weight is 436 g/mol. The molecule has 0 bridgehead atoms. The summed E-state index contributed by atoms with van der Waals surface area (Å²) < 4.78 is 0. The molecule has 1 fully saturated rings. The summed E-state index contributed by atoms with van der Waals surface area (Å²) in [6.07, 6.45) is 47.2. The van der Waals surface area contributed by atoms with E-state index >= 15 is 0 Å². The minimum atomic E-state index is 0.769. The van der Waals surface area contributed by atoms with Gasteiger partial charge in [-0.3, -0.25) is 0 Å². The molecule has 0 saturated heterocycles. The minimum Gasteiger partial charge on any atom is -0.314 e. The molecule has 2 rings (SSSR count). The third kappa shape index (κ3) is 15.2. The Bertz CT molecular complexity index is 602. The van der Waals surface area contributed by atoms with Crippen LogP contribution >= 0.6 is 0 Å². The van der Waals surface area contributed by atoms with Crippen molar-refractivity contribution in [2.75, 3.05) is 6.54 Å². The normalized spacial score (nSPS) is 24.6. The Balaban J connectivity index is 1.59. The van der Waals surface area contributed by atoms with E-state index in [-0.39, 0.29) is 0 Å². The molecule has 1 saturated carbocycles. The SMILES string of the molecule is C1=C\C=C/C=C(CCCCCCNC2CCCCCCCCCCCC2)\C=C/C=C/C=C1. The predicted molar refractivity (Wildman–Crippen MR) is 144 cm³/mol. The smallest absolute Gasteiger partial charge is 0.00670 e. The van der Waals surface area contributed by atoms with Gasteiger partial charge >= 0.3 is 0 Å². The molecule has 1 N–H and O–H groups in total. The highest BCUT2D eigenvalue weighted by atomic mass is 14.9. The van der Waals surface area contributed by atoms with Gasteiger partial charge in [-0.1, -0.05) is 144 Å². The van der Waals surface area contributed by atoms with Gasteiger partial charge in [-0.05, 0) is 44.2 Å². The second-order valence-corrected chi connectivity index (χ2v) is 9.57. The molecule has 0 atom stereocenters. The van der Waals surface area contributed by atoms with Gasteiger partial charge in [0.05, 0.1) is 0 Å². The molecule has 2 aliphatic carbocycles. The first-order valence-corrected chi connectivity index (χ1v) is 13.7. The highest BCUT2D eigenvalue weighted by Crippen LogP contribution is 2.17. The molecule has 0 radical (unpaired) electrons. The molecule has 0 aromatic carbocycles. The van der Waals surface area contributed by atoms with E-state index in [4.69, 9.17) is 0 Å². The van der Waals surface area contributed by atoms with Gasteiger partial charge in [-0.25, -0.2) is 0 Å². The largest absolute Gasteiger partial charge is 0.314 e. The van der Waals surface area contributed by atoms with E-state index in [1.165, 1.54) is 121 Å². The maximum atomic E-state index is 3.92. The monoisotopic (exact) mass is 435 g/mol. The highest BCUT2D eigenvalue weighted by molar-refractivity contribution is 5.29. The Morgan fingerprint density at radius 1 is 0.531 bits per heavy atom. The van der Waals surface area contributed by atoms with Crippen LogP contribution in [0.5, 0.6) is 0 Å². The molecular weight excluding hydrogens is 386 g/mol. The van der Waals surface area contributed by atoms with Crippen LogP contribution < -0.4 is 5.32 Å². The Labute approximate surface area is 199 Å². The molecule has 1 heteroatoms. The fourth-order valence-corrected chi connectivity index (χ4v) is 4.69. The van der Waals surface area contributed by atoms with E-state index in [0.29, 0.717) is 0 Å². The summed E-state index contributed by atoms with van der Waals surface area (Å²) in [5.74, 6) is 0. The summed E-state index contributed by atoms with van der Waals surface area (Å²) in [5, 5.41) is 3.92. The van der Waals surface area contributed by atoms with Crippen molar-refractivity contribution in [1.82, 2.24) is 5.32 Å². The van der Waals surface area contributed by atoms with Gasteiger partial charge in [0.25, 0.3) is 0 Å². The van der Waals surface area contributed by atoms with Crippen molar-refractivity contribution in [2.45, 2.75) is 115 Å². The Kier molecular flexibility index (Phi) is 16.7. The van der Waals surface area contributed by atoms with Gasteiger partial charge in [-0.15, -0.1) is 0 Å². The van der Waals surface area contributed by atoms with Crippen molar-refractivity contribution >= 4 is 0 Å². The molecule has 0 unspecified atom stereocenters. The van der Waals surface area contributed by atoms with Crippen LogP contribution in [0, 0.1) is 0 Å². The van der Waals surface area contributed by atoms with Crippen LogP contribution in [-0.2, 0) is 0 Å². The van der Waals surface area contributed by atoms with E-state index in [0.717, 1.165) is 6.04 Å². The molecule has 0 spiro atoms. The minimum absolute atomic E-state index is 0.769. The summed E-state index contributed by atoms with van der Waals surface area (Å²) in [6, 6.07) is 0.769. The lowest BCUT2D eigenvalue weighted by molar-refractivity contribution is 0.410. The summed E-state index contributed by atoms with van der Waals surface area (Å²) in [4.78, 5) is 0. The quantitative estimate of drug-likeness (QED) is 0.374. The lowest BCUT2D eigenvalue weighted by atomic mass is 10.0. The Morgan fingerprint density at radius 3 is 1.66 bits per heavy atom. The zero-order chi connectivity index (χ0) is 22.4. The van der Waals surface area contributed by atoms with E-state index in [1.54, 1.807) is 0 Å². The van der Waals surface area contributed by atoms with E-state index in [1.807, 2.05) is 0 Å². The summed E-state index contributed by atoms with van der Waals surface area (Å²) in [7, 11) is 0. The topological polar surface area (TPSA) is 12.0 Å². The third-order valence-corrected chi connectivity index (χ3v) is 6.69. The van der Waals surface area contributed by atoms with Gasteiger partial charge in [0.15, 0.2) is 0 Å². The van der Waals surface area contributed by atoms with Crippen LogP contribution in [0.3, 0.4) is 0 Å². The third-order valence-electron chi connectivity index (χ3n) is 6.69. The van der Waals surface area contributed by atoms with E-state index < -0.39 is 0 Å². The number of nitrogens with one attached hydrogen (secondary N) is 1. The first-order chi connectivity index (χ1) is 15.9. The predicted octanol–water partition coefficient (Wildman–Crippen LogP) is 9.31. The van der Waals surface area contributed by atoms with Crippen LogP contribution in [0.1, 0.15) is 109 Å². The zero-order valence-electron chi connectivity index (χ0n) is 20.7. The van der Waals surface area contributed by atoms with Gasteiger partial charge in [0.2, 0.25) is 0 Å². The molecule has 178 valence electrons. The van der Waals surface area contributed by atoms with Gasteiger partial charge in [0.1, 0.15) is 0 Å². The summed E-state index contributed by atoms with van der Waals surface area (Å²) in [6.45, 7) is 1.21. The summed E-state index contributed by atoms with van der Waals surface area (Å²) in [5.41, 5.74) is 1.42. The number of unbranched alkanes of at least 4 members (excludes halogenated alkanes) is 3. The van der Waals surface area contributed by atoms with Gasteiger partial charge < -0.3 is 5.32 Å². The fraction of sp³-hybridized carbons (Fsp3) is 0.613. The molecular formula is C31H49N. The molecule has 32 heavy (non-hydrogen) atoms. The van der Waals surface area contributed by atoms with Crippen molar-refractivity contribution in [3.63, 3.8) is 0 Å². The fourth-order valence-electron chi connectivity index (χ4n) is 4.69. The van der Waals surface area contributed by atoms with Crippen molar-refractivity contribution in [3.8, 4) is 0 Å². The second kappa shape index (κ2) is 20.0. The van der Waals surface area contributed by atoms with Crippen LogP contribution in [0.25, 0.3) is 0 Å². The number of allylic oxidation sites excluding steroid dienone is 12. The molecule has 0 heterocycles. The maximum absolute atomic E-state index is 3.92. The lowest BCUT2D eigenvalue weighted by Crippen LogP contribution is -2.30. The standard InChI is InChI=1S/C31H49N/c1-2-7-11-15-22-28-31(27-21-14-10-6-1)32-29-23-17-16-20-26-30-24-18-12-8-4-3-5-9-13-19-25-30/h3-5,8-9,12-13,18-19,24-25,31-32H,1-2,6-7,10-11,14-17,20-23,26-29H2/b4-3?,5-3?,8-4?,9-5?,12-8+,13-9?,18-12?,19-13-,24-18-,25-19?,30-24?,30-25+. The van der Waals surface area contributed by atoms with Crippen molar-refractivity contribution < 1.29 is 0 Å². The van der Waals surface area contributed by atoms with Crippen LogP contribution in [-0.4, -0.2) is 12.6 Å². The zero-order valence-corrected chi connectivity index (χ0v) is 20.7. The number of rotatable bonds is 8. The molecule has 0 aromatic rings. The van der Waals surface area contributed by atoms with Crippen molar-refractivity contribution in [1.29, 1.82) is 0 Å². The van der Waals surface area contributed by atoms with Crippen molar-refractivity contribution in [3.05, 3.63) is 72.4 Å². The van der Waals surface area contributed by atoms with E-state index in [2.05, 4.69) is 72.2 Å². The number of hydrogen-bond acceptors (Lipinski definition) is 1. The molecule has 0 amide bonds. The van der Waals surface area contributed by atoms with Crippen LogP contribution in [0.2, 0.25) is 0 Å². The second-order valence-electron chi connectivity index (χ2n) is 9.57. The molecule has 0 aliphatic heterocycles. The van der Waals surface area contributed by atoms with Crippen molar-refractivity contribution in [2.24, 2.45) is 0 Å². The molecule has 2 aliphatic rings. The maximum Gasteiger partial charge on any atom is 0.00670 e. The van der Waals surface area contributed by atoms with Crippen LogP contribution in [0.4, 0.5) is 0 Å². The molecule has 0 aromatic heterocycles.